The van der Waals surface area contributed by atoms with Crippen LogP contribution in [-0.2, 0) is 25.4 Å². The highest BCUT2D eigenvalue weighted by Crippen LogP contribution is 2.43. The molecule has 0 saturated carbocycles. The van der Waals surface area contributed by atoms with E-state index < -0.39 is 36.1 Å². The zero-order valence-corrected chi connectivity index (χ0v) is 22.7. The summed E-state index contributed by atoms with van der Waals surface area (Å²) < 4.78 is 24.5. The van der Waals surface area contributed by atoms with E-state index in [9.17, 15) is 9.59 Å². The van der Waals surface area contributed by atoms with Crippen LogP contribution < -0.4 is 5.32 Å². The van der Waals surface area contributed by atoms with Crippen LogP contribution in [0.3, 0.4) is 0 Å². The lowest BCUT2D eigenvalue weighted by Crippen LogP contribution is -2.41. The Morgan fingerprint density at radius 2 is 1.78 bits per heavy atom. The Morgan fingerprint density at radius 3 is 2.41 bits per heavy atom. The van der Waals surface area contributed by atoms with E-state index in [0.717, 1.165) is 23.9 Å². The lowest BCUT2D eigenvalue weighted by atomic mass is 9.78. The topological polar surface area (TPSA) is 101 Å². The molecule has 2 aromatic rings. The van der Waals surface area contributed by atoms with Crippen molar-refractivity contribution in [2.45, 2.75) is 90.6 Å². The maximum atomic E-state index is 13.0. The second-order valence-corrected chi connectivity index (χ2v) is 11.5. The second kappa shape index (κ2) is 9.98. The minimum Gasteiger partial charge on any atom is -0.444 e. The van der Waals surface area contributed by atoms with Crippen molar-refractivity contribution in [1.29, 1.82) is 0 Å². The SMILES string of the molecule is CC(C)(C)OC(=O)n1nc(NC(=O)OCc2ccccc2)cc1C1C=C(B2OC(C)(C)C(C)(C)O2)CC1. The van der Waals surface area contributed by atoms with Crippen molar-refractivity contribution in [2.75, 3.05) is 5.32 Å². The van der Waals surface area contributed by atoms with Crippen molar-refractivity contribution in [3.8, 4) is 0 Å². The molecule has 2 heterocycles. The number of nitrogens with one attached hydrogen (secondary N) is 1. The average molecular weight is 509 g/mol. The molecule has 1 fully saturated rings. The molecule has 1 amide bonds. The number of amides is 1. The number of rotatable bonds is 5. The van der Waals surface area contributed by atoms with Crippen LogP contribution in [0.5, 0.6) is 0 Å². The largest absolute Gasteiger partial charge is 0.490 e. The number of carbonyl (C=O) groups is 2. The normalized spacial score (nSPS) is 20.5. The fourth-order valence-corrected chi connectivity index (χ4v) is 4.21. The molecule has 0 bridgehead atoms. The van der Waals surface area contributed by atoms with Crippen LogP contribution in [0.15, 0.2) is 47.9 Å². The van der Waals surface area contributed by atoms with Gasteiger partial charge < -0.3 is 18.8 Å². The maximum Gasteiger partial charge on any atom is 0.490 e. The van der Waals surface area contributed by atoms with E-state index in [0.29, 0.717) is 5.69 Å². The second-order valence-electron chi connectivity index (χ2n) is 11.5. The zero-order valence-electron chi connectivity index (χ0n) is 22.7. The van der Waals surface area contributed by atoms with E-state index in [-0.39, 0.29) is 18.3 Å². The van der Waals surface area contributed by atoms with E-state index in [1.54, 1.807) is 26.8 Å². The Kier molecular flexibility index (Phi) is 7.27. The lowest BCUT2D eigenvalue weighted by molar-refractivity contribution is 0.00578. The number of nitrogens with zero attached hydrogens (tertiary/aromatic N) is 2. The fourth-order valence-electron chi connectivity index (χ4n) is 4.21. The van der Waals surface area contributed by atoms with Gasteiger partial charge in [-0.05, 0) is 72.3 Å². The number of ether oxygens (including phenoxy) is 2. The first-order valence-corrected chi connectivity index (χ1v) is 12.6. The molecular formula is C27H36BN3O6. The summed E-state index contributed by atoms with van der Waals surface area (Å²) in [5.41, 5.74) is 0.917. The first-order valence-electron chi connectivity index (χ1n) is 12.6. The molecule has 1 saturated heterocycles. The first-order chi connectivity index (χ1) is 17.2. The summed E-state index contributed by atoms with van der Waals surface area (Å²) in [6.07, 6.45) is 2.28. The van der Waals surface area contributed by atoms with Gasteiger partial charge in [-0.2, -0.15) is 4.68 Å². The van der Waals surface area contributed by atoms with Gasteiger partial charge in [0.2, 0.25) is 0 Å². The predicted molar refractivity (Wildman–Crippen MR) is 140 cm³/mol. The molecule has 1 aromatic heterocycles. The third-order valence-electron chi connectivity index (χ3n) is 6.84. The zero-order chi connectivity index (χ0) is 27.0. The summed E-state index contributed by atoms with van der Waals surface area (Å²) in [6, 6.07) is 11.1. The Balaban J connectivity index is 1.53. The van der Waals surface area contributed by atoms with Crippen molar-refractivity contribution in [3.63, 3.8) is 0 Å². The molecule has 1 unspecified atom stereocenters. The Bertz CT molecular complexity index is 1170. The molecule has 4 rings (SSSR count). The summed E-state index contributed by atoms with van der Waals surface area (Å²) in [5.74, 6) is 0.0707. The standard InChI is InChI=1S/C27H36BN3O6/c1-25(2,3)35-24(33)31-21(16-22(30-31)29-23(32)34-17-18-11-9-8-10-12-18)19-13-14-20(15-19)28-36-26(4,5)27(6,7)37-28/h8-12,15-16,19H,13-14,17H2,1-7H3,(H,29,30,32). The third kappa shape index (κ3) is 6.25. The van der Waals surface area contributed by atoms with E-state index in [1.807, 2.05) is 58.0 Å². The predicted octanol–water partition coefficient (Wildman–Crippen LogP) is 5.85. The molecule has 0 radical (unpaired) electrons. The summed E-state index contributed by atoms with van der Waals surface area (Å²) in [5, 5.41) is 6.97. The molecule has 10 heteroatoms. The first kappa shape index (κ1) is 26.9. The summed E-state index contributed by atoms with van der Waals surface area (Å²) in [4.78, 5) is 25.5. The molecule has 1 N–H and O–H groups in total. The quantitative estimate of drug-likeness (QED) is 0.505. The van der Waals surface area contributed by atoms with Gasteiger partial charge in [-0.15, -0.1) is 5.10 Å². The average Bonchev–Trinajstić information content (AvgIpc) is 3.48. The number of anilines is 1. The van der Waals surface area contributed by atoms with E-state index in [1.165, 1.54) is 4.68 Å². The smallest absolute Gasteiger partial charge is 0.444 e. The van der Waals surface area contributed by atoms with Gasteiger partial charge in [-0.1, -0.05) is 36.4 Å². The van der Waals surface area contributed by atoms with Gasteiger partial charge in [0.25, 0.3) is 0 Å². The maximum absolute atomic E-state index is 13.0. The summed E-state index contributed by atoms with van der Waals surface area (Å²) in [7, 11) is -0.446. The number of carbonyl (C=O) groups excluding carboxylic acids is 2. The van der Waals surface area contributed by atoms with E-state index in [2.05, 4.69) is 16.5 Å². The van der Waals surface area contributed by atoms with Crippen LogP contribution in [0.1, 0.15) is 78.5 Å². The monoisotopic (exact) mass is 509 g/mol. The number of hydrogen-bond acceptors (Lipinski definition) is 7. The van der Waals surface area contributed by atoms with Gasteiger partial charge in [-0.3, -0.25) is 5.32 Å². The molecule has 198 valence electrons. The van der Waals surface area contributed by atoms with Gasteiger partial charge in [0.1, 0.15) is 12.2 Å². The molecule has 37 heavy (non-hydrogen) atoms. The van der Waals surface area contributed by atoms with Crippen molar-refractivity contribution in [3.05, 3.63) is 59.2 Å². The van der Waals surface area contributed by atoms with Gasteiger partial charge in [0.05, 0.1) is 16.9 Å². The minimum atomic E-state index is -0.706. The van der Waals surface area contributed by atoms with Gasteiger partial charge >= 0.3 is 19.3 Å². The molecule has 0 spiro atoms. The molecular weight excluding hydrogens is 473 g/mol. The molecule has 1 aliphatic heterocycles. The number of aromatic nitrogens is 2. The molecule has 2 aliphatic rings. The third-order valence-corrected chi connectivity index (χ3v) is 6.84. The van der Waals surface area contributed by atoms with Crippen molar-refractivity contribution in [2.24, 2.45) is 0 Å². The number of hydrogen-bond donors (Lipinski definition) is 1. The molecule has 9 nitrogen and oxygen atoms in total. The highest BCUT2D eigenvalue weighted by atomic mass is 16.7. The lowest BCUT2D eigenvalue weighted by Gasteiger charge is -2.32. The summed E-state index contributed by atoms with van der Waals surface area (Å²) >= 11 is 0. The minimum absolute atomic E-state index is 0.120. The van der Waals surface area contributed by atoms with Gasteiger partial charge in [0.15, 0.2) is 5.82 Å². The van der Waals surface area contributed by atoms with Gasteiger partial charge in [-0.25, -0.2) is 9.59 Å². The molecule has 1 aliphatic carbocycles. The molecule has 1 aromatic carbocycles. The summed E-state index contributed by atoms with van der Waals surface area (Å²) in [6.45, 7) is 13.6. The van der Waals surface area contributed by atoms with Crippen LogP contribution in [0.4, 0.5) is 15.4 Å². The van der Waals surface area contributed by atoms with Crippen LogP contribution >= 0.6 is 0 Å². The number of allylic oxidation sites excluding steroid dienone is 2. The Hall–Kier alpha value is -3.11. The van der Waals surface area contributed by atoms with E-state index >= 15 is 0 Å². The van der Waals surface area contributed by atoms with E-state index in [4.69, 9.17) is 18.8 Å². The van der Waals surface area contributed by atoms with Crippen molar-refractivity contribution < 1.29 is 28.4 Å². The fraction of sp³-hybridized carbons (Fsp3) is 0.519. The van der Waals surface area contributed by atoms with Crippen molar-refractivity contribution in [1.82, 2.24) is 9.78 Å². The molecule has 1 atom stereocenters. The van der Waals surface area contributed by atoms with Crippen molar-refractivity contribution >= 4 is 25.1 Å². The van der Waals surface area contributed by atoms with Crippen LogP contribution in [0.25, 0.3) is 0 Å². The highest BCUT2D eigenvalue weighted by molar-refractivity contribution is 6.54. The van der Waals surface area contributed by atoms with Gasteiger partial charge in [0, 0.05) is 12.0 Å². The highest BCUT2D eigenvalue weighted by Gasteiger charge is 2.52. The van der Waals surface area contributed by atoms with Crippen LogP contribution in [-0.4, -0.2) is 45.9 Å². The Labute approximate surface area is 218 Å². The number of benzene rings is 1. The van der Waals surface area contributed by atoms with Crippen LogP contribution in [0.2, 0.25) is 0 Å². The van der Waals surface area contributed by atoms with Crippen LogP contribution in [0, 0.1) is 0 Å². The Morgan fingerprint density at radius 1 is 1.14 bits per heavy atom.